The normalized spacial score (nSPS) is 12.0. The molecule has 0 bridgehead atoms. The molecule has 0 saturated heterocycles. The van der Waals surface area contributed by atoms with E-state index in [0.29, 0.717) is 0 Å². The minimum Gasteiger partial charge on any atom is -0.449 e. The highest BCUT2D eigenvalue weighted by Gasteiger charge is 2.09. The second-order valence-corrected chi connectivity index (χ2v) is 4.63. The zero-order valence-corrected chi connectivity index (χ0v) is 11.0. The summed E-state index contributed by atoms with van der Waals surface area (Å²) in [6.45, 7) is 0.989. The number of H-pyrrole nitrogens is 1. The quantitative estimate of drug-likeness (QED) is 0.802. The molecular formula is C12H17N2O2P. The maximum absolute atomic E-state index is 8.91. The molecule has 0 fully saturated rings. The van der Waals surface area contributed by atoms with Gasteiger partial charge in [0, 0.05) is 23.6 Å². The van der Waals surface area contributed by atoms with Crippen molar-refractivity contribution in [3.63, 3.8) is 0 Å². The first-order valence-corrected chi connectivity index (χ1v) is 6.37. The highest BCUT2D eigenvalue weighted by Crippen LogP contribution is 2.31. The third kappa shape index (κ3) is 2.78. The monoisotopic (exact) mass is 252 g/mol. The third-order valence-corrected chi connectivity index (χ3v) is 3.04. The third-order valence-electron chi connectivity index (χ3n) is 2.73. The van der Waals surface area contributed by atoms with Crippen molar-refractivity contribution in [2.24, 2.45) is 0 Å². The molecule has 0 aliphatic carbocycles. The summed E-state index contributed by atoms with van der Waals surface area (Å²) < 4.78 is 5.27. The Balaban J connectivity index is 2.35. The topological polar surface area (TPSA) is 48.5 Å². The molecule has 1 aromatic carbocycles. The molecule has 2 rings (SSSR count). The maximum Gasteiger partial charge on any atom is 0.212 e. The van der Waals surface area contributed by atoms with Crippen molar-refractivity contribution in [2.45, 2.75) is 6.42 Å². The van der Waals surface area contributed by atoms with Gasteiger partial charge in [0.1, 0.15) is 5.75 Å². The predicted molar refractivity (Wildman–Crippen MR) is 71.7 cm³/mol. The van der Waals surface area contributed by atoms with Gasteiger partial charge in [-0.2, -0.15) is 0 Å². The molecule has 0 aliphatic heterocycles. The van der Waals surface area contributed by atoms with Crippen LogP contribution in [-0.2, 0) is 6.42 Å². The highest BCUT2D eigenvalue weighted by atomic mass is 31.1. The number of likely N-dealkylation sites (N-methyl/N-ethyl adjacent to an activating group) is 1. The van der Waals surface area contributed by atoms with Crippen LogP contribution >= 0.6 is 9.03 Å². The van der Waals surface area contributed by atoms with Gasteiger partial charge in [0.2, 0.25) is 9.03 Å². The lowest BCUT2D eigenvalue weighted by Gasteiger charge is -2.09. The van der Waals surface area contributed by atoms with Crippen LogP contribution in [0.4, 0.5) is 0 Å². The van der Waals surface area contributed by atoms with E-state index in [0.717, 1.165) is 29.6 Å². The van der Waals surface area contributed by atoms with E-state index in [-0.39, 0.29) is 0 Å². The molecule has 5 heteroatoms. The molecule has 0 aliphatic rings. The maximum atomic E-state index is 8.91. The minimum atomic E-state index is -0.520. The number of aromatic nitrogens is 1. The first-order chi connectivity index (χ1) is 8.22. The van der Waals surface area contributed by atoms with Crippen molar-refractivity contribution in [2.75, 3.05) is 20.6 Å². The van der Waals surface area contributed by atoms with Gasteiger partial charge in [-0.05, 0) is 38.2 Å². The van der Waals surface area contributed by atoms with Crippen LogP contribution in [0, 0.1) is 0 Å². The largest absolute Gasteiger partial charge is 0.449 e. The SMILES string of the molecule is CN(C)CCc1c[nH]c2cccc(OPO)c12. The summed E-state index contributed by atoms with van der Waals surface area (Å²) in [5, 5.41) is 1.08. The molecule has 1 atom stereocenters. The lowest BCUT2D eigenvalue weighted by Crippen LogP contribution is -2.14. The lowest BCUT2D eigenvalue weighted by molar-refractivity contribution is 0.414. The number of fused-ring (bicyclic) bond motifs is 1. The first kappa shape index (κ1) is 12.4. The number of aromatic amines is 1. The number of nitrogens with one attached hydrogen (secondary N) is 1. The zero-order chi connectivity index (χ0) is 12.3. The molecule has 0 amide bonds. The van der Waals surface area contributed by atoms with Crippen LogP contribution in [0.2, 0.25) is 0 Å². The molecule has 2 N–H and O–H groups in total. The predicted octanol–water partition coefficient (Wildman–Crippen LogP) is 2.15. The smallest absolute Gasteiger partial charge is 0.212 e. The molecule has 4 nitrogen and oxygen atoms in total. The van der Waals surface area contributed by atoms with Gasteiger partial charge in [-0.3, -0.25) is 0 Å². The van der Waals surface area contributed by atoms with E-state index >= 15 is 0 Å². The summed E-state index contributed by atoms with van der Waals surface area (Å²) in [5.41, 5.74) is 2.28. The van der Waals surface area contributed by atoms with Gasteiger partial charge in [0.05, 0.1) is 0 Å². The van der Waals surface area contributed by atoms with Crippen LogP contribution in [0.5, 0.6) is 5.75 Å². The molecule has 0 saturated carbocycles. The number of nitrogens with zero attached hydrogens (tertiary/aromatic N) is 1. The Morgan fingerprint density at radius 3 is 2.94 bits per heavy atom. The average molecular weight is 252 g/mol. The van der Waals surface area contributed by atoms with Crippen molar-refractivity contribution in [1.29, 1.82) is 0 Å². The van der Waals surface area contributed by atoms with E-state index in [2.05, 4.69) is 24.0 Å². The molecule has 0 spiro atoms. The summed E-state index contributed by atoms with van der Waals surface area (Å²) in [4.78, 5) is 14.3. The van der Waals surface area contributed by atoms with Crippen molar-refractivity contribution < 1.29 is 9.42 Å². The second-order valence-electron chi connectivity index (χ2n) is 4.24. The van der Waals surface area contributed by atoms with Gasteiger partial charge >= 0.3 is 0 Å². The van der Waals surface area contributed by atoms with Gasteiger partial charge < -0.3 is 19.3 Å². The molecule has 0 radical (unpaired) electrons. The molecule has 2 aromatic rings. The van der Waals surface area contributed by atoms with Gasteiger partial charge in [0.15, 0.2) is 0 Å². The van der Waals surface area contributed by atoms with Crippen LogP contribution in [0.3, 0.4) is 0 Å². The van der Waals surface area contributed by atoms with Crippen molar-refractivity contribution in [3.05, 3.63) is 30.0 Å². The highest BCUT2D eigenvalue weighted by molar-refractivity contribution is 7.25. The molecule has 1 heterocycles. The standard InChI is InChI=1S/C12H17N2O2P/c1-14(2)7-6-9-8-13-10-4-3-5-11(12(9)10)16-17-15/h3-5,8,13,15,17H,6-7H2,1-2H3. The average Bonchev–Trinajstić information content (AvgIpc) is 2.71. The fraction of sp³-hybridized carbons (Fsp3) is 0.333. The fourth-order valence-electron chi connectivity index (χ4n) is 1.90. The van der Waals surface area contributed by atoms with Crippen LogP contribution < -0.4 is 4.52 Å². The van der Waals surface area contributed by atoms with Crippen LogP contribution in [0.1, 0.15) is 5.56 Å². The van der Waals surface area contributed by atoms with E-state index < -0.39 is 9.03 Å². The van der Waals surface area contributed by atoms with Crippen LogP contribution in [-0.4, -0.2) is 35.4 Å². The summed E-state index contributed by atoms with van der Waals surface area (Å²) in [5.74, 6) is 0.748. The minimum absolute atomic E-state index is 0.520. The molecule has 92 valence electrons. The van der Waals surface area contributed by atoms with Crippen molar-refractivity contribution in [3.8, 4) is 5.75 Å². The number of hydrogen-bond acceptors (Lipinski definition) is 3. The zero-order valence-electron chi connectivity index (χ0n) is 10.0. The van der Waals surface area contributed by atoms with Gasteiger partial charge in [-0.15, -0.1) is 0 Å². The first-order valence-electron chi connectivity index (χ1n) is 5.52. The Bertz CT molecular complexity index is 496. The van der Waals surface area contributed by atoms with E-state index in [9.17, 15) is 0 Å². The van der Waals surface area contributed by atoms with E-state index in [4.69, 9.17) is 9.42 Å². The molecule has 1 aromatic heterocycles. The summed E-state index contributed by atoms with van der Waals surface area (Å²) in [6, 6.07) is 5.82. The summed E-state index contributed by atoms with van der Waals surface area (Å²) in [6.07, 6.45) is 2.98. The fourth-order valence-corrected chi connectivity index (χ4v) is 2.16. The Morgan fingerprint density at radius 2 is 2.24 bits per heavy atom. The van der Waals surface area contributed by atoms with Crippen LogP contribution in [0.25, 0.3) is 10.9 Å². The Labute approximate surface area is 103 Å². The number of hydrogen-bond donors (Lipinski definition) is 2. The van der Waals surface area contributed by atoms with Crippen LogP contribution in [0.15, 0.2) is 24.4 Å². The van der Waals surface area contributed by atoms with E-state index in [1.54, 1.807) is 0 Å². The van der Waals surface area contributed by atoms with Gasteiger partial charge in [-0.1, -0.05) is 6.07 Å². The summed E-state index contributed by atoms with van der Waals surface area (Å²) in [7, 11) is 3.59. The molecular weight excluding hydrogens is 235 g/mol. The van der Waals surface area contributed by atoms with E-state index in [1.807, 2.05) is 24.4 Å². The second kappa shape index (κ2) is 5.50. The number of rotatable bonds is 5. The van der Waals surface area contributed by atoms with E-state index in [1.165, 1.54) is 5.56 Å². The molecule has 1 unspecified atom stereocenters. The Morgan fingerprint density at radius 1 is 1.41 bits per heavy atom. The van der Waals surface area contributed by atoms with Gasteiger partial charge in [-0.25, -0.2) is 0 Å². The van der Waals surface area contributed by atoms with Crippen molar-refractivity contribution in [1.82, 2.24) is 9.88 Å². The Hall–Kier alpha value is -1.09. The van der Waals surface area contributed by atoms with Gasteiger partial charge in [0.25, 0.3) is 0 Å². The van der Waals surface area contributed by atoms with Crippen molar-refractivity contribution >= 4 is 19.9 Å². The molecule has 17 heavy (non-hydrogen) atoms. The lowest BCUT2D eigenvalue weighted by atomic mass is 10.1. The number of benzene rings is 1. The Kier molecular flexibility index (Phi) is 4.00. The summed E-state index contributed by atoms with van der Waals surface area (Å²) >= 11 is 0.